The smallest absolute Gasteiger partial charge is 0.338 e. The van der Waals surface area contributed by atoms with Crippen LogP contribution in [-0.4, -0.2) is 28.6 Å². The Morgan fingerprint density at radius 1 is 1.15 bits per heavy atom. The van der Waals surface area contributed by atoms with Crippen molar-refractivity contribution in [2.24, 2.45) is 5.10 Å². The lowest BCUT2D eigenvalue weighted by Gasteiger charge is -2.17. The Morgan fingerprint density at radius 3 is 2.69 bits per heavy atom. The summed E-state index contributed by atoms with van der Waals surface area (Å²) in [5, 5.41) is 25.8. The molecule has 0 fully saturated rings. The van der Waals surface area contributed by atoms with Crippen LogP contribution in [0.5, 0.6) is 0 Å². The van der Waals surface area contributed by atoms with E-state index in [9.17, 15) is 25.0 Å². The van der Waals surface area contributed by atoms with Gasteiger partial charge in [0.2, 0.25) is 0 Å². The second-order valence-electron chi connectivity index (χ2n) is 5.34. The topological polar surface area (TPSA) is 137 Å². The van der Waals surface area contributed by atoms with Gasteiger partial charge in [-0.1, -0.05) is 12.1 Å². The SMILES string of the molecule is O=C1OCCc2c(/C=N/Nc3ccc([N+](=O)[O-])cc3[N+](=O)[O-])cccc21. The van der Waals surface area contributed by atoms with Gasteiger partial charge in [-0.15, -0.1) is 0 Å². The first-order valence-corrected chi connectivity index (χ1v) is 7.48. The summed E-state index contributed by atoms with van der Waals surface area (Å²) in [5.74, 6) is -0.402. The van der Waals surface area contributed by atoms with E-state index in [1.807, 2.05) is 0 Å². The minimum absolute atomic E-state index is 0.0149. The summed E-state index contributed by atoms with van der Waals surface area (Å²) in [6.45, 7) is 0.276. The largest absolute Gasteiger partial charge is 0.462 e. The molecule has 0 spiro atoms. The van der Waals surface area contributed by atoms with Crippen molar-refractivity contribution < 1.29 is 19.4 Å². The van der Waals surface area contributed by atoms with E-state index in [1.54, 1.807) is 18.2 Å². The number of non-ortho nitro benzene ring substituents is 1. The van der Waals surface area contributed by atoms with Crippen molar-refractivity contribution in [3.8, 4) is 0 Å². The van der Waals surface area contributed by atoms with Gasteiger partial charge in [-0.25, -0.2) is 4.79 Å². The fourth-order valence-electron chi connectivity index (χ4n) is 2.57. The average molecular weight is 356 g/mol. The van der Waals surface area contributed by atoms with Gasteiger partial charge in [0.25, 0.3) is 5.69 Å². The van der Waals surface area contributed by atoms with Crippen LogP contribution in [0.2, 0.25) is 0 Å². The molecular weight excluding hydrogens is 344 g/mol. The standard InChI is InChI=1S/C16H12N4O6/c21-16-13-3-1-2-10(12(13)6-7-26-16)9-17-18-14-5-4-11(19(22)23)8-15(14)20(24)25/h1-5,8-9,18H,6-7H2/b17-9+. The molecular formula is C16H12N4O6. The minimum atomic E-state index is -0.731. The first kappa shape index (κ1) is 17.0. The summed E-state index contributed by atoms with van der Waals surface area (Å²) < 4.78 is 4.98. The predicted octanol–water partition coefficient (Wildman–Crippen LogP) is 2.66. The van der Waals surface area contributed by atoms with E-state index in [0.29, 0.717) is 17.5 Å². The van der Waals surface area contributed by atoms with Crippen molar-refractivity contribution in [1.29, 1.82) is 0 Å². The number of hydrogen-bond donors (Lipinski definition) is 1. The van der Waals surface area contributed by atoms with Crippen molar-refractivity contribution in [2.45, 2.75) is 6.42 Å². The summed E-state index contributed by atoms with van der Waals surface area (Å²) in [6.07, 6.45) is 1.98. The Kier molecular flexibility index (Phi) is 4.56. The zero-order chi connectivity index (χ0) is 18.7. The number of benzene rings is 2. The van der Waals surface area contributed by atoms with Gasteiger partial charge in [0.05, 0.1) is 34.3 Å². The highest BCUT2D eigenvalue weighted by atomic mass is 16.6. The first-order chi connectivity index (χ1) is 12.5. The van der Waals surface area contributed by atoms with Crippen LogP contribution in [0.3, 0.4) is 0 Å². The van der Waals surface area contributed by atoms with Crippen LogP contribution in [0.25, 0.3) is 0 Å². The van der Waals surface area contributed by atoms with E-state index < -0.39 is 21.5 Å². The molecule has 132 valence electrons. The molecule has 26 heavy (non-hydrogen) atoms. The second kappa shape index (κ2) is 6.97. The Hall–Kier alpha value is -3.82. The maximum Gasteiger partial charge on any atom is 0.338 e. The van der Waals surface area contributed by atoms with E-state index in [0.717, 1.165) is 17.7 Å². The van der Waals surface area contributed by atoms with E-state index in [2.05, 4.69) is 10.5 Å². The number of nitro groups is 2. The minimum Gasteiger partial charge on any atom is -0.462 e. The number of nitro benzene ring substituents is 2. The maximum atomic E-state index is 11.7. The molecule has 1 heterocycles. The Balaban J connectivity index is 1.86. The summed E-state index contributed by atoms with van der Waals surface area (Å²) >= 11 is 0. The lowest BCUT2D eigenvalue weighted by atomic mass is 9.97. The highest BCUT2D eigenvalue weighted by Gasteiger charge is 2.21. The number of nitrogens with one attached hydrogen (secondary N) is 1. The molecule has 0 radical (unpaired) electrons. The summed E-state index contributed by atoms with van der Waals surface area (Å²) in [6, 6.07) is 8.31. The molecule has 0 aromatic heterocycles. The zero-order valence-electron chi connectivity index (χ0n) is 13.2. The molecule has 0 atom stereocenters. The van der Waals surface area contributed by atoms with Gasteiger partial charge >= 0.3 is 11.7 Å². The van der Waals surface area contributed by atoms with Gasteiger partial charge in [0.15, 0.2) is 0 Å². The Bertz CT molecular complexity index is 940. The molecule has 1 aliphatic rings. The molecule has 1 N–H and O–H groups in total. The first-order valence-electron chi connectivity index (χ1n) is 7.48. The number of hydrogen-bond acceptors (Lipinski definition) is 8. The number of ether oxygens (including phenoxy) is 1. The molecule has 3 rings (SSSR count). The summed E-state index contributed by atoms with van der Waals surface area (Å²) in [7, 11) is 0. The molecule has 0 saturated carbocycles. The Labute approximate surface area is 146 Å². The quantitative estimate of drug-likeness (QED) is 0.376. The van der Waals surface area contributed by atoms with Crippen LogP contribution in [0.15, 0.2) is 41.5 Å². The summed E-state index contributed by atoms with van der Waals surface area (Å²) in [4.78, 5) is 32.1. The molecule has 0 unspecified atom stereocenters. The Morgan fingerprint density at radius 2 is 1.96 bits per heavy atom. The lowest BCUT2D eigenvalue weighted by molar-refractivity contribution is -0.393. The average Bonchev–Trinajstić information content (AvgIpc) is 2.62. The van der Waals surface area contributed by atoms with Crippen LogP contribution >= 0.6 is 0 Å². The van der Waals surface area contributed by atoms with Gasteiger partial charge in [-0.3, -0.25) is 25.7 Å². The fourth-order valence-corrected chi connectivity index (χ4v) is 2.57. The third kappa shape index (κ3) is 3.34. The highest BCUT2D eigenvalue weighted by Crippen LogP contribution is 2.29. The van der Waals surface area contributed by atoms with Gasteiger partial charge < -0.3 is 4.74 Å². The van der Waals surface area contributed by atoms with Crippen molar-refractivity contribution in [1.82, 2.24) is 0 Å². The lowest BCUT2D eigenvalue weighted by Crippen LogP contribution is -2.19. The maximum absolute atomic E-state index is 11.7. The molecule has 0 aliphatic carbocycles. The normalized spacial score (nSPS) is 13.2. The molecule has 2 aromatic carbocycles. The predicted molar refractivity (Wildman–Crippen MR) is 91.4 cm³/mol. The number of hydrazone groups is 1. The van der Waals surface area contributed by atoms with Crippen LogP contribution < -0.4 is 5.43 Å². The number of carbonyl (C=O) groups excluding carboxylic acids is 1. The molecule has 1 aliphatic heterocycles. The molecule has 0 saturated heterocycles. The fraction of sp³-hybridized carbons (Fsp3) is 0.125. The molecule has 10 heteroatoms. The number of anilines is 1. The van der Waals surface area contributed by atoms with Crippen LogP contribution in [0.4, 0.5) is 17.1 Å². The number of esters is 1. The number of nitrogens with zero attached hydrogens (tertiary/aromatic N) is 3. The van der Waals surface area contributed by atoms with Gasteiger partial charge in [0, 0.05) is 12.5 Å². The van der Waals surface area contributed by atoms with E-state index in [4.69, 9.17) is 4.74 Å². The van der Waals surface area contributed by atoms with E-state index >= 15 is 0 Å². The summed E-state index contributed by atoms with van der Waals surface area (Å²) in [5.41, 5.74) is 3.60. The van der Waals surface area contributed by atoms with Crippen LogP contribution in [0.1, 0.15) is 21.5 Å². The number of carbonyl (C=O) groups is 1. The van der Waals surface area contributed by atoms with Gasteiger partial charge in [-0.2, -0.15) is 5.10 Å². The zero-order valence-corrected chi connectivity index (χ0v) is 13.2. The monoisotopic (exact) mass is 356 g/mol. The third-order valence-corrected chi connectivity index (χ3v) is 3.79. The van der Waals surface area contributed by atoms with Crippen molar-refractivity contribution in [3.63, 3.8) is 0 Å². The highest BCUT2D eigenvalue weighted by molar-refractivity contribution is 5.96. The van der Waals surface area contributed by atoms with Crippen molar-refractivity contribution >= 4 is 29.2 Å². The van der Waals surface area contributed by atoms with E-state index in [-0.39, 0.29) is 18.0 Å². The molecule has 2 aromatic rings. The van der Waals surface area contributed by atoms with Crippen molar-refractivity contribution in [3.05, 3.63) is 73.3 Å². The molecule has 10 nitrogen and oxygen atoms in total. The second-order valence-corrected chi connectivity index (χ2v) is 5.34. The van der Waals surface area contributed by atoms with Crippen molar-refractivity contribution in [2.75, 3.05) is 12.0 Å². The van der Waals surface area contributed by atoms with E-state index in [1.165, 1.54) is 12.3 Å². The number of fused-ring (bicyclic) bond motifs is 1. The number of cyclic esters (lactones) is 1. The third-order valence-electron chi connectivity index (χ3n) is 3.79. The van der Waals surface area contributed by atoms with Gasteiger partial charge in [0.1, 0.15) is 5.69 Å². The molecule has 0 amide bonds. The van der Waals surface area contributed by atoms with Crippen LogP contribution in [-0.2, 0) is 11.2 Å². The van der Waals surface area contributed by atoms with Crippen LogP contribution in [0, 0.1) is 20.2 Å². The molecule has 0 bridgehead atoms. The number of rotatable bonds is 5. The van der Waals surface area contributed by atoms with Gasteiger partial charge in [-0.05, 0) is 23.3 Å².